The first kappa shape index (κ1) is 18.7. The number of piperidine rings is 1. The van der Waals surface area contributed by atoms with Crippen molar-refractivity contribution in [3.05, 3.63) is 35.9 Å². The van der Waals surface area contributed by atoms with Crippen molar-refractivity contribution in [1.29, 1.82) is 0 Å². The minimum absolute atomic E-state index is 0.106. The van der Waals surface area contributed by atoms with E-state index in [0.29, 0.717) is 12.1 Å². The van der Waals surface area contributed by atoms with Gasteiger partial charge >= 0.3 is 0 Å². The standard InChI is InChI=1S/C20H30N2O2S/c1-2-17-10-6-7-11-22(17)20(23)19(21-12-18-13-24-18)15-25-14-16-8-4-3-5-9-16/h3-5,8-9,17-19,21H,2,6-7,10-15H2,1H3. The van der Waals surface area contributed by atoms with E-state index < -0.39 is 0 Å². The highest BCUT2D eigenvalue weighted by Gasteiger charge is 2.32. The summed E-state index contributed by atoms with van der Waals surface area (Å²) >= 11 is 1.84. The molecule has 1 aromatic rings. The molecule has 138 valence electrons. The Bertz CT molecular complexity index is 536. The molecule has 0 aliphatic carbocycles. The number of nitrogens with zero attached hydrogens (tertiary/aromatic N) is 1. The van der Waals surface area contributed by atoms with Crippen molar-refractivity contribution in [2.75, 3.05) is 25.4 Å². The molecule has 0 aromatic heterocycles. The van der Waals surface area contributed by atoms with Gasteiger partial charge in [0.2, 0.25) is 5.91 Å². The summed E-state index contributed by atoms with van der Waals surface area (Å²) in [5.41, 5.74) is 1.31. The van der Waals surface area contributed by atoms with Crippen molar-refractivity contribution in [3.8, 4) is 0 Å². The van der Waals surface area contributed by atoms with E-state index in [4.69, 9.17) is 4.74 Å². The Morgan fingerprint density at radius 3 is 2.88 bits per heavy atom. The maximum absolute atomic E-state index is 13.2. The summed E-state index contributed by atoms with van der Waals surface area (Å²) in [5.74, 6) is 2.05. The van der Waals surface area contributed by atoms with Gasteiger partial charge in [0.05, 0.1) is 18.8 Å². The second-order valence-electron chi connectivity index (χ2n) is 7.01. The van der Waals surface area contributed by atoms with Crippen LogP contribution >= 0.6 is 11.8 Å². The van der Waals surface area contributed by atoms with E-state index in [1.807, 2.05) is 17.8 Å². The number of carbonyl (C=O) groups excluding carboxylic acids is 1. The Hall–Kier alpha value is -1.04. The molecule has 1 amide bonds. The second-order valence-corrected chi connectivity index (χ2v) is 8.04. The van der Waals surface area contributed by atoms with Crippen molar-refractivity contribution in [2.24, 2.45) is 0 Å². The number of benzene rings is 1. The number of hydrogen-bond acceptors (Lipinski definition) is 4. The zero-order valence-corrected chi connectivity index (χ0v) is 16.0. The van der Waals surface area contributed by atoms with Crippen LogP contribution in [0.15, 0.2) is 30.3 Å². The first-order chi connectivity index (χ1) is 12.3. The Kier molecular flexibility index (Phi) is 7.20. The van der Waals surface area contributed by atoms with Gasteiger partial charge in [0.25, 0.3) is 0 Å². The summed E-state index contributed by atoms with van der Waals surface area (Å²) in [7, 11) is 0. The van der Waals surface area contributed by atoms with Crippen molar-refractivity contribution in [3.63, 3.8) is 0 Å². The van der Waals surface area contributed by atoms with Crippen LogP contribution < -0.4 is 5.32 Å². The number of carbonyl (C=O) groups is 1. The largest absolute Gasteiger partial charge is 0.372 e. The SMILES string of the molecule is CCC1CCCCN1C(=O)C(CSCc1ccccc1)NCC1CO1. The first-order valence-electron chi connectivity index (χ1n) is 9.55. The molecule has 0 radical (unpaired) electrons. The number of amides is 1. The predicted molar refractivity (Wildman–Crippen MR) is 104 cm³/mol. The maximum Gasteiger partial charge on any atom is 0.240 e. The van der Waals surface area contributed by atoms with E-state index in [0.717, 1.165) is 50.5 Å². The first-order valence-corrected chi connectivity index (χ1v) is 10.7. The highest BCUT2D eigenvalue weighted by atomic mass is 32.2. The normalized spacial score (nSPS) is 24.1. The fourth-order valence-electron chi connectivity index (χ4n) is 3.46. The van der Waals surface area contributed by atoms with Crippen LogP contribution in [0.3, 0.4) is 0 Å². The van der Waals surface area contributed by atoms with Gasteiger partial charge < -0.3 is 15.0 Å². The van der Waals surface area contributed by atoms with Gasteiger partial charge in [-0.25, -0.2) is 0 Å². The number of rotatable bonds is 9. The molecule has 1 aromatic carbocycles. The van der Waals surface area contributed by atoms with Crippen LogP contribution in [0.4, 0.5) is 0 Å². The zero-order chi connectivity index (χ0) is 17.5. The Balaban J connectivity index is 1.56. The molecule has 2 aliphatic heterocycles. The van der Waals surface area contributed by atoms with Gasteiger partial charge in [0.1, 0.15) is 0 Å². The molecule has 3 unspecified atom stereocenters. The van der Waals surface area contributed by atoms with Crippen LogP contribution in [0.25, 0.3) is 0 Å². The minimum Gasteiger partial charge on any atom is -0.372 e. The van der Waals surface area contributed by atoms with Crippen molar-refractivity contribution >= 4 is 17.7 Å². The number of hydrogen-bond donors (Lipinski definition) is 1. The number of nitrogens with one attached hydrogen (secondary N) is 1. The van der Waals surface area contributed by atoms with Gasteiger partial charge in [0.15, 0.2) is 0 Å². The Morgan fingerprint density at radius 2 is 2.16 bits per heavy atom. The van der Waals surface area contributed by atoms with Crippen molar-refractivity contribution < 1.29 is 9.53 Å². The third-order valence-corrected chi connectivity index (χ3v) is 6.18. The average molecular weight is 363 g/mol. The van der Waals surface area contributed by atoms with Gasteiger partial charge in [-0.15, -0.1) is 0 Å². The van der Waals surface area contributed by atoms with Crippen LogP contribution in [0.1, 0.15) is 38.2 Å². The molecule has 2 aliphatic rings. The smallest absolute Gasteiger partial charge is 0.240 e. The molecule has 3 atom stereocenters. The molecule has 25 heavy (non-hydrogen) atoms. The van der Waals surface area contributed by atoms with Gasteiger partial charge in [-0.2, -0.15) is 11.8 Å². The van der Waals surface area contributed by atoms with E-state index in [-0.39, 0.29) is 11.9 Å². The molecule has 5 heteroatoms. The summed E-state index contributed by atoms with van der Waals surface area (Å²) in [5, 5.41) is 3.47. The van der Waals surface area contributed by atoms with Gasteiger partial charge in [-0.05, 0) is 31.2 Å². The number of ether oxygens (including phenoxy) is 1. The Labute approximate surface area is 155 Å². The zero-order valence-electron chi connectivity index (χ0n) is 15.2. The second kappa shape index (κ2) is 9.60. The summed E-state index contributed by atoms with van der Waals surface area (Å²) in [6, 6.07) is 10.8. The van der Waals surface area contributed by atoms with Crippen LogP contribution in [0.2, 0.25) is 0 Å². The van der Waals surface area contributed by atoms with Crippen LogP contribution in [-0.2, 0) is 15.3 Å². The average Bonchev–Trinajstić information content (AvgIpc) is 3.49. The summed E-state index contributed by atoms with van der Waals surface area (Å²) in [6.07, 6.45) is 4.90. The quantitative estimate of drug-likeness (QED) is 0.686. The van der Waals surface area contributed by atoms with E-state index in [1.54, 1.807) is 0 Å². The number of likely N-dealkylation sites (tertiary alicyclic amines) is 1. The fourth-order valence-corrected chi connectivity index (χ4v) is 4.50. The van der Waals surface area contributed by atoms with Crippen LogP contribution in [0.5, 0.6) is 0 Å². The van der Waals surface area contributed by atoms with Crippen LogP contribution in [-0.4, -0.2) is 54.4 Å². The third-order valence-electron chi connectivity index (χ3n) is 5.07. The lowest BCUT2D eigenvalue weighted by molar-refractivity contribution is -0.136. The lowest BCUT2D eigenvalue weighted by Gasteiger charge is -2.37. The van der Waals surface area contributed by atoms with Crippen LogP contribution in [0, 0.1) is 0 Å². The van der Waals surface area contributed by atoms with E-state index in [9.17, 15) is 4.79 Å². The van der Waals surface area contributed by atoms with E-state index in [2.05, 4.69) is 41.4 Å². The third kappa shape index (κ3) is 5.73. The minimum atomic E-state index is -0.106. The van der Waals surface area contributed by atoms with Gasteiger partial charge in [-0.1, -0.05) is 37.3 Å². The molecular weight excluding hydrogens is 332 g/mol. The summed E-state index contributed by atoms with van der Waals surface area (Å²) in [6.45, 7) is 4.72. The van der Waals surface area contributed by atoms with E-state index >= 15 is 0 Å². The molecule has 3 rings (SSSR count). The van der Waals surface area contributed by atoms with Gasteiger partial charge in [-0.3, -0.25) is 4.79 Å². The number of epoxide rings is 1. The van der Waals surface area contributed by atoms with Crippen molar-refractivity contribution in [1.82, 2.24) is 10.2 Å². The molecule has 2 saturated heterocycles. The monoisotopic (exact) mass is 362 g/mol. The molecule has 0 spiro atoms. The van der Waals surface area contributed by atoms with Gasteiger partial charge in [0, 0.05) is 30.6 Å². The lowest BCUT2D eigenvalue weighted by atomic mass is 9.99. The highest BCUT2D eigenvalue weighted by Crippen LogP contribution is 2.22. The Morgan fingerprint density at radius 1 is 1.36 bits per heavy atom. The topological polar surface area (TPSA) is 44.9 Å². The molecule has 0 bridgehead atoms. The molecule has 1 N–H and O–H groups in total. The predicted octanol–water partition coefficient (Wildman–Crippen LogP) is 3.07. The number of thioether (sulfide) groups is 1. The fraction of sp³-hybridized carbons (Fsp3) is 0.650. The maximum atomic E-state index is 13.2. The molecule has 4 nitrogen and oxygen atoms in total. The molecule has 2 fully saturated rings. The summed E-state index contributed by atoms with van der Waals surface area (Å²) in [4.78, 5) is 15.3. The highest BCUT2D eigenvalue weighted by molar-refractivity contribution is 7.98. The molecular formula is C20H30N2O2S. The van der Waals surface area contributed by atoms with E-state index in [1.165, 1.54) is 12.0 Å². The lowest BCUT2D eigenvalue weighted by Crippen LogP contribution is -2.53. The summed E-state index contributed by atoms with van der Waals surface area (Å²) < 4.78 is 5.31. The van der Waals surface area contributed by atoms with Crippen molar-refractivity contribution in [2.45, 2.75) is 56.5 Å². The molecule has 2 heterocycles. The molecule has 0 saturated carbocycles.